The van der Waals surface area contributed by atoms with E-state index in [1.54, 1.807) is 0 Å². The van der Waals surface area contributed by atoms with Gasteiger partial charge in [-0.2, -0.15) is 0 Å². The van der Waals surface area contributed by atoms with Gasteiger partial charge in [-0.1, -0.05) is 24.3 Å². The molecule has 0 amide bonds. The zero-order chi connectivity index (χ0) is 14.1. The number of nitrogens with zero attached hydrogens (tertiary/aromatic N) is 2. The van der Waals surface area contributed by atoms with Crippen LogP contribution >= 0.6 is 31.9 Å². The van der Waals surface area contributed by atoms with E-state index >= 15 is 0 Å². The van der Waals surface area contributed by atoms with Gasteiger partial charge in [0.15, 0.2) is 0 Å². The molecule has 1 aliphatic heterocycles. The molecule has 2 N–H and O–H groups in total. The molecule has 0 saturated carbocycles. The molecule has 1 atom stereocenters. The summed E-state index contributed by atoms with van der Waals surface area (Å²) in [5, 5.41) is 0. The van der Waals surface area contributed by atoms with Gasteiger partial charge in [0.2, 0.25) is 0 Å². The SMILES string of the molecule is NCC1Cc2ccccc2CN1c1ncc(Br)cc1Br. The lowest BCUT2D eigenvalue weighted by Gasteiger charge is -2.37. The Kier molecular flexibility index (Phi) is 4.10. The monoisotopic (exact) mass is 395 g/mol. The van der Waals surface area contributed by atoms with Gasteiger partial charge in [-0.15, -0.1) is 0 Å². The van der Waals surface area contributed by atoms with Crippen molar-refractivity contribution < 1.29 is 0 Å². The number of rotatable bonds is 2. The first-order chi connectivity index (χ1) is 9.69. The third-order valence-corrected chi connectivity index (χ3v) is 4.71. The molecule has 0 aliphatic carbocycles. The normalized spacial score (nSPS) is 17.9. The van der Waals surface area contributed by atoms with Crippen molar-refractivity contribution in [3.63, 3.8) is 0 Å². The van der Waals surface area contributed by atoms with Gasteiger partial charge < -0.3 is 10.6 Å². The Morgan fingerprint density at radius 3 is 2.70 bits per heavy atom. The van der Waals surface area contributed by atoms with Crippen molar-refractivity contribution in [1.82, 2.24) is 4.98 Å². The van der Waals surface area contributed by atoms with Gasteiger partial charge in [-0.3, -0.25) is 0 Å². The Morgan fingerprint density at radius 1 is 1.25 bits per heavy atom. The third-order valence-electron chi connectivity index (χ3n) is 3.69. The number of pyridine rings is 1. The molecule has 3 nitrogen and oxygen atoms in total. The van der Waals surface area contributed by atoms with Crippen molar-refractivity contribution in [3.05, 3.63) is 56.6 Å². The number of fused-ring (bicyclic) bond motifs is 1. The van der Waals surface area contributed by atoms with Crippen LogP contribution in [0.4, 0.5) is 5.82 Å². The lowest BCUT2D eigenvalue weighted by atomic mass is 9.94. The van der Waals surface area contributed by atoms with E-state index in [9.17, 15) is 0 Å². The highest BCUT2D eigenvalue weighted by Gasteiger charge is 2.27. The first-order valence-corrected chi connectivity index (χ1v) is 8.12. The standard InChI is InChI=1S/C15H15Br2N3/c16-12-6-14(17)15(19-8-12)20-9-11-4-2-1-3-10(11)5-13(20)7-18/h1-4,6,8,13H,5,7,9,18H2. The Hall–Kier alpha value is -0.910. The van der Waals surface area contributed by atoms with Gasteiger partial charge >= 0.3 is 0 Å². The number of hydrogen-bond acceptors (Lipinski definition) is 3. The highest BCUT2D eigenvalue weighted by Crippen LogP contribution is 2.32. The number of halogens is 2. The fourth-order valence-electron chi connectivity index (χ4n) is 2.66. The summed E-state index contributed by atoms with van der Waals surface area (Å²) in [6, 6.07) is 10.9. The molecular formula is C15H15Br2N3. The van der Waals surface area contributed by atoms with Crippen molar-refractivity contribution in [3.8, 4) is 0 Å². The molecular weight excluding hydrogens is 382 g/mol. The van der Waals surface area contributed by atoms with Crippen molar-refractivity contribution in [2.75, 3.05) is 11.4 Å². The quantitative estimate of drug-likeness (QED) is 0.844. The maximum absolute atomic E-state index is 5.97. The van der Waals surface area contributed by atoms with E-state index in [-0.39, 0.29) is 6.04 Å². The summed E-state index contributed by atoms with van der Waals surface area (Å²) in [6.45, 7) is 1.48. The zero-order valence-electron chi connectivity index (χ0n) is 10.9. The minimum absolute atomic E-state index is 0.287. The zero-order valence-corrected chi connectivity index (χ0v) is 14.1. The molecule has 2 aromatic rings. The Balaban J connectivity index is 2.00. The van der Waals surface area contributed by atoms with Crippen molar-refractivity contribution >= 4 is 37.7 Å². The highest BCUT2D eigenvalue weighted by atomic mass is 79.9. The van der Waals surface area contributed by atoms with E-state index in [1.807, 2.05) is 12.3 Å². The second-order valence-electron chi connectivity index (χ2n) is 4.95. The van der Waals surface area contributed by atoms with Gasteiger partial charge in [0.1, 0.15) is 5.82 Å². The molecule has 0 bridgehead atoms. The van der Waals surface area contributed by atoms with E-state index in [0.29, 0.717) is 6.54 Å². The smallest absolute Gasteiger partial charge is 0.143 e. The summed E-state index contributed by atoms with van der Waals surface area (Å²) in [5.74, 6) is 0.957. The Morgan fingerprint density at radius 2 is 2.00 bits per heavy atom. The first kappa shape index (κ1) is 14.0. The predicted octanol–water partition coefficient (Wildman–Crippen LogP) is 3.50. The molecule has 3 rings (SSSR count). The maximum Gasteiger partial charge on any atom is 0.143 e. The van der Waals surface area contributed by atoms with E-state index in [2.05, 4.69) is 66.0 Å². The van der Waals surface area contributed by atoms with Gasteiger partial charge in [-0.05, 0) is 55.5 Å². The van der Waals surface area contributed by atoms with Crippen LogP contribution in [0.1, 0.15) is 11.1 Å². The lowest BCUT2D eigenvalue weighted by molar-refractivity contribution is 0.555. The van der Waals surface area contributed by atoms with Gasteiger partial charge in [0.25, 0.3) is 0 Å². The van der Waals surface area contributed by atoms with Crippen LogP contribution in [0, 0.1) is 0 Å². The second-order valence-corrected chi connectivity index (χ2v) is 6.72. The molecule has 5 heteroatoms. The van der Waals surface area contributed by atoms with Crippen LogP contribution in [0.15, 0.2) is 45.5 Å². The van der Waals surface area contributed by atoms with E-state index in [1.165, 1.54) is 11.1 Å². The van der Waals surface area contributed by atoms with E-state index < -0.39 is 0 Å². The van der Waals surface area contributed by atoms with Crippen molar-refractivity contribution in [2.24, 2.45) is 5.73 Å². The molecule has 1 aromatic heterocycles. The summed E-state index contributed by atoms with van der Waals surface area (Å²) in [5.41, 5.74) is 8.73. The third kappa shape index (κ3) is 2.62. The second kappa shape index (κ2) is 5.84. The number of hydrogen-bond donors (Lipinski definition) is 1. The molecule has 104 valence electrons. The minimum Gasteiger partial charge on any atom is -0.347 e. The number of aromatic nitrogens is 1. The summed E-state index contributed by atoms with van der Waals surface area (Å²) in [6.07, 6.45) is 2.80. The average Bonchev–Trinajstić information content (AvgIpc) is 2.46. The van der Waals surface area contributed by atoms with Crippen LogP contribution in [-0.4, -0.2) is 17.6 Å². The van der Waals surface area contributed by atoms with Crippen LogP contribution in [0.2, 0.25) is 0 Å². The molecule has 0 fully saturated rings. The van der Waals surface area contributed by atoms with Crippen LogP contribution in [0.25, 0.3) is 0 Å². The van der Waals surface area contributed by atoms with Gasteiger partial charge in [-0.25, -0.2) is 4.98 Å². The molecule has 20 heavy (non-hydrogen) atoms. The number of benzene rings is 1. The number of nitrogens with two attached hydrogens (primary N) is 1. The average molecular weight is 397 g/mol. The molecule has 1 aliphatic rings. The minimum atomic E-state index is 0.287. The van der Waals surface area contributed by atoms with Crippen LogP contribution in [0.5, 0.6) is 0 Å². The molecule has 0 radical (unpaired) electrons. The van der Waals surface area contributed by atoms with Crippen molar-refractivity contribution in [1.29, 1.82) is 0 Å². The molecule has 2 heterocycles. The van der Waals surface area contributed by atoms with E-state index in [0.717, 1.165) is 27.7 Å². The summed E-state index contributed by atoms with van der Waals surface area (Å²) in [7, 11) is 0. The largest absolute Gasteiger partial charge is 0.347 e. The summed E-state index contributed by atoms with van der Waals surface area (Å²) in [4.78, 5) is 6.84. The molecule has 0 spiro atoms. The Bertz CT molecular complexity index is 630. The van der Waals surface area contributed by atoms with Crippen LogP contribution < -0.4 is 10.6 Å². The maximum atomic E-state index is 5.97. The number of anilines is 1. The fraction of sp³-hybridized carbons (Fsp3) is 0.267. The van der Waals surface area contributed by atoms with E-state index in [4.69, 9.17) is 5.73 Å². The summed E-state index contributed by atoms with van der Waals surface area (Å²) < 4.78 is 1.96. The van der Waals surface area contributed by atoms with Crippen LogP contribution in [-0.2, 0) is 13.0 Å². The highest BCUT2D eigenvalue weighted by molar-refractivity contribution is 9.11. The molecule has 1 unspecified atom stereocenters. The van der Waals surface area contributed by atoms with Gasteiger partial charge in [0.05, 0.1) is 4.47 Å². The van der Waals surface area contributed by atoms with Gasteiger partial charge in [0, 0.05) is 29.8 Å². The molecule has 1 aromatic carbocycles. The first-order valence-electron chi connectivity index (χ1n) is 6.53. The topological polar surface area (TPSA) is 42.1 Å². The molecule has 0 saturated heterocycles. The lowest BCUT2D eigenvalue weighted by Crippen LogP contribution is -2.45. The van der Waals surface area contributed by atoms with Crippen LogP contribution in [0.3, 0.4) is 0 Å². The predicted molar refractivity (Wildman–Crippen MR) is 88.8 cm³/mol. The van der Waals surface area contributed by atoms with Crippen molar-refractivity contribution in [2.45, 2.75) is 19.0 Å². The fourth-order valence-corrected chi connectivity index (χ4v) is 3.88. The summed E-state index contributed by atoms with van der Waals surface area (Å²) >= 11 is 7.05. The Labute approximate surface area is 135 Å².